The van der Waals surface area contributed by atoms with Crippen molar-refractivity contribution >= 4 is 21.5 Å². The molecule has 1 heterocycles. The first-order valence-electron chi connectivity index (χ1n) is 7.64. The highest BCUT2D eigenvalue weighted by Gasteiger charge is 2.28. The third kappa shape index (κ3) is 3.71. The van der Waals surface area contributed by atoms with E-state index in [1.807, 2.05) is 12.1 Å². The summed E-state index contributed by atoms with van der Waals surface area (Å²) >= 11 is 3.44. The Balaban J connectivity index is 1.97. The average Bonchev–Trinajstić information content (AvgIpc) is 2.93. The highest BCUT2D eigenvalue weighted by atomic mass is 79.9. The minimum absolute atomic E-state index is 0.169. The smallest absolute Gasteiger partial charge is 0.130 e. The Morgan fingerprint density at radius 1 is 1.17 bits per heavy atom. The molecule has 0 aliphatic carbocycles. The van der Waals surface area contributed by atoms with Crippen LogP contribution in [-0.2, 0) is 0 Å². The van der Waals surface area contributed by atoms with Crippen LogP contribution in [0.1, 0.15) is 17.2 Å². The highest BCUT2D eigenvalue weighted by Crippen LogP contribution is 2.36. The molecule has 0 aromatic heterocycles. The molecule has 0 spiro atoms. The van der Waals surface area contributed by atoms with E-state index in [4.69, 9.17) is 0 Å². The SMILES string of the molecule is CN(C)CN1CC(c2cc(Br)ccc2F)=CC1c1ccccc1. The first-order chi connectivity index (χ1) is 11.0. The summed E-state index contributed by atoms with van der Waals surface area (Å²) in [6.07, 6.45) is 2.18. The molecule has 23 heavy (non-hydrogen) atoms. The van der Waals surface area contributed by atoms with Gasteiger partial charge in [-0.15, -0.1) is 0 Å². The Kier molecular flexibility index (Phi) is 4.95. The minimum atomic E-state index is -0.169. The van der Waals surface area contributed by atoms with Gasteiger partial charge in [-0.25, -0.2) is 4.39 Å². The summed E-state index contributed by atoms with van der Waals surface area (Å²) in [6.45, 7) is 1.57. The lowest BCUT2D eigenvalue weighted by atomic mass is 10.0. The minimum Gasteiger partial charge on any atom is -0.297 e. The van der Waals surface area contributed by atoms with Crippen LogP contribution in [0.4, 0.5) is 4.39 Å². The molecule has 1 unspecified atom stereocenters. The fraction of sp³-hybridized carbons (Fsp3) is 0.263. The predicted octanol–water partition coefficient (Wildman–Crippen LogP) is 4.55. The third-order valence-corrected chi connectivity index (χ3v) is 4.50. The monoisotopic (exact) mass is 374 g/mol. The van der Waals surface area contributed by atoms with Gasteiger partial charge < -0.3 is 0 Å². The Morgan fingerprint density at radius 3 is 2.61 bits per heavy atom. The van der Waals surface area contributed by atoms with Crippen LogP contribution in [0.15, 0.2) is 59.1 Å². The molecule has 0 N–H and O–H groups in total. The van der Waals surface area contributed by atoms with E-state index in [0.717, 1.165) is 23.3 Å². The van der Waals surface area contributed by atoms with Gasteiger partial charge in [0.15, 0.2) is 0 Å². The van der Waals surface area contributed by atoms with Crippen molar-refractivity contribution in [2.24, 2.45) is 0 Å². The van der Waals surface area contributed by atoms with Crippen molar-refractivity contribution in [2.75, 3.05) is 27.3 Å². The van der Waals surface area contributed by atoms with E-state index in [-0.39, 0.29) is 11.9 Å². The first kappa shape index (κ1) is 16.4. The Hall–Kier alpha value is -1.49. The second kappa shape index (κ2) is 6.95. The molecule has 1 aliphatic rings. The molecule has 0 amide bonds. The molecule has 120 valence electrons. The molecule has 4 heteroatoms. The maximum Gasteiger partial charge on any atom is 0.130 e. The van der Waals surface area contributed by atoms with Gasteiger partial charge in [0.05, 0.1) is 12.7 Å². The van der Waals surface area contributed by atoms with Crippen LogP contribution in [0.25, 0.3) is 5.57 Å². The van der Waals surface area contributed by atoms with Crippen LogP contribution in [0.5, 0.6) is 0 Å². The quantitative estimate of drug-likeness (QED) is 0.774. The van der Waals surface area contributed by atoms with Crippen molar-refractivity contribution in [1.82, 2.24) is 9.80 Å². The number of benzene rings is 2. The first-order valence-corrected chi connectivity index (χ1v) is 8.44. The number of halogens is 2. The topological polar surface area (TPSA) is 6.48 Å². The zero-order valence-electron chi connectivity index (χ0n) is 13.3. The Labute approximate surface area is 145 Å². The number of rotatable bonds is 4. The van der Waals surface area contributed by atoms with Gasteiger partial charge in [-0.1, -0.05) is 52.3 Å². The van der Waals surface area contributed by atoms with Gasteiger partial charge in [-0.2, -0.15) is 0 Å². The molecule has 0 saturated carbocycles. The summed E-state index contributed by atoms with van der Waals surface area (Å²) < 4.78 is 15.2. The molecule has 0 bridgehead atoms. The largest absolute Gasteiger partial charge is 0.297 e. The van der Waals surface area contributed by atoms with Gasteiger partial charge in [0.25, 0.3) is 0 Å². The lowest BCUT2D eigenvalue weighted by Crippen LogP contribution is -2.34. The molecule has 1 atom stereocenters. The molecule has 0 saturated heterocycles. The summed E-state index contributed by atoms with van der Waals surface area (Å²) in [5.74, 6) is -0.169. The van der Waals surface area contributed by atoms with E-state index >= 15 is 0 Å². The molecule has 2 nitrogen and oxygen atoms in total. The van der Waals surface area contributed by atoms with E-state index in [0.29, 0.717) is 5.56 Å². The predicted molar refractivity (Wildman–Crippen MR) is 96.5 cm³/mol. The lowest BCUT2D eigenvalue weighted by Gasteiger charge is -2.27. The van der Waals surface area contributed by atoms with Crippen molar-refractivity contribution in [3.63, 3.8) is 0 Å². The fourth-order valence-corrected chi connectivity index (χ4v) is 3.40. The van der Waals surface area contributed by atoms with E-state index in [9.17, 15) is 4.39 Å². The van der Waals surface area contributed by atoms with Crippen LogP contribution >= 0.6 is 15.9 Å². The second-order valence-corrected chi connectivity index (χ2v) is 7.06. The van der Waals surface area contributed by atoms with Crippen molar-refractivity contribution in [1.29, 1.82) is 0 Å². The standard InChI is InChI=1S/C19H20BrFN2/c1-22(2)13-23-12-15(17-11-16(20)8-9-18(17)21)10-19(23)14-6-4-3-5-7-14/h3-11,19H,12-13H2,1-2H3. The van der Waals surface area contributed by atoms with Crippen LogP contribution < -0.4 is 0 Å². The van der Waals surface area contributed by atoms with Crippen LogP contribution in [-0.4, -0.2) is 37.1 Å². The van der Waals surface area contributed by atoms with Gasteiger partial charge in [0.2, 0.25) is 0 Å². The summed E-state index contributed by atoms with van der Waals surface area (Å²) in [5.41, 5.74) is 2.96. The lowest BCUT2D eigenvalue weighted by molar-refractivity contribution is 0.175. The Bertz CT molecular complexity index is 713. The maximum atomic E-state index is 14.3. The van der Waals surface area contributed by atoms with Crippen LogP contribution in [0.2, 0.25) is 0 Å². The molecule has 2 aromatic rings. The third-order valence-electron chi connectivity index (χ3n) is 4.01. The van der Waals surface area contributed by atoms with E-state index in [1.165, 1.54) is 11.6 Å². The maximum absolute atomic E-state index is 14.3. The summed E-state index contributed by atoms with van der Waals surface area (Å²) in [5, 5.41) is 0. The van der Waals surface area contributed by atoms with Gasteiger partial charge in [0, 0.05) is 16.6 Å². The molecular formula is C19H20BrFN2. The van der Waals surface area contributed by atoms with E-state index in [2.05, 4.69) is 70.2 Å². The second-order valence-electron chi connectivity index (χ2n) is 6.14. The van der Waals surface area contributed by atoms with Gasteiger partial charge >= 0.3 is 0 Å². The fourth-order valence-electron chi connectivity index (χ4n) is 3.04. The summed E-state index contributed by atoms with van der Waals surface area (Å²) in [4.78, 5) is 4.50. The molecule has 3 rings (SSSR count). The summed E-state index contributed by atoms with van der Waals surface area (Å²) in [6, 6.07) is 15.7. The summed E-state index contributed by atoms with van der Waals surface area (Å²) in [7, 11) is 4.11. The average molecular weight is 375 g/mol. The van der Waals surface area contributed by atoms with Crippen LogP contribution in [0.3, 0.4) is 0 Å². The molecule has 2 aromatic carbocycles. The zero-order chi connectivity index (χ0) is 16.4. The van der Waals surface area contributed by atoms with Crippen molar-refractivity contribution in [2.45, 2.75) is 6.04 Å². The zero-order valence-corrected chi connectivity index (χ0v) is 14.9. The van der Waals surface area contributed by atoms with Crippen molar-refractivity contribution in [3.8, 4) is 0 Å². The van der Waals surface area contributed by atoms with Gasteiger partial charge in [-0.05, 0) is 43.4 Å². The number of hydrogen-bond donors (Lipinski definition) is 0. The van der Waals surface area contributed by atoms with E-state index in [1.54, 1.807) is 6.07 Å². The molecular weight excluding hydrogens is 355 g/mol. The highest BCUT2D eigenvalue weighted by molar-refractivity contribution is 9.10. The van der Waals surface area contributed by atoms with Crippen molar-refractivity contribution in [3.05, 3.63) is 76.0 Å². The molecule has 0 fully saturated rings. The van der Waals surface area contributed by atoms with E-state index < -0.39 is 0 Å². The molecule has 0 radical (unpaired) electrons. The van der Waals surface area contributed by atoms with Crippen LogP contribution in [0, 0.1) is 5.82 Å². The van der Waals surface area contributed by atoms with Crippen molar-refractivity contribution < 1.29 is 4.39 Å². The number of nitrogens with zero attached hydrogens (tertiary/aromatic N) is 2. The normalized spacial score (nSPS) is 18.5. The van der Waals surface area contributed by atoms with Gasteiger partial charge in [-0.3, -0.25) is 9.80 Å². The van der Waals surface area contributed by atoms with Gasteiger partial charge in [0.1, 0.15) is 5.82 Å². The number of hydrogen-bond acceptors (Lipinski definition) is 2. The molecule has 1 aliphatic heterocycles. The Morgan fingerprint density at radius 2 is 1.91 bits per heavy atom.